The zero-order valence-electron chi connectivity index (χ0n) is 31.2. The van der Waals surface area contributed by atoms with Crippen LogP contribution in [0.15, 0.2) is 119 Å². The van der Waals surface area contributed by atoms with Crippen molar-refractivity contribution in [1.29, 1.82) is 0 Å². The maximum Gasteiger partial charge on any atom is 0.210 e. The Morgan fingerprint density at radius 2 is 1.41 bits per heavy atom. The second kappa shape index (κ2) is 14.6. The first-order valence-corrected chi connectivity index (χ1v) is 19.2. The molecule has 0 atom stereocenters. The van der Waals surface area contributed by atoms with Gasteiger partial charge in [0.15, 0.2) is 12.3 Å². The zero-order valence-corrected chi connectivity index (χ0v) is 31.9. The van der Waals surface area contributed by atoms with E-state index in [0.717, 1.165) is 37.4 Å². The van der Waals surface area contributed by atoms with Gasteiger partial charge in [-0.1, -0.05) is 92.2 Å². The Bertz CT molecular complexity index is 2130. The van der Waals surface area contributed by atoms with Gasteiger partial charge in [-0.15, -0.1) is 0 Å². The fourth-order valence-corrected chi connectivity index (χ4v) is 9.03. The molecular weight excluding hydrogens is 648 g/mol. The van der Waals surface area contributed by atoms with Crippen LogP contribution in [0, 0.1) is 0 Å². The molecule has 0 saturated carbocycles. The van der Waals surface area contributed by atoms with Crippen molar-refractivity contribution < 1.29 is 14.0 Å². The van der Waals surface area contributed by atoms with Crippen LogP contribution in [0.1, 0.15) is 71.9 Å². The average Bonchev–Trinajstić information content (AvgIpc) is 3.49. The van der Waals surface area contributed by atoms with Crippen molar-refractivity contribution >= 4 is 50.2 Å². The number of rotatable bonds is 11. The van der Waals surface area contributed by atoms with Crippen molar-refractivity contribution in [2.75, 3.05) is 44.4 Å². The maximum absolute atomic E-state index is 7.33. The molecule has 2 aliphatic heterocycles. The summed E-state index contributed by atoms with van der Waals surface area (Å²) in [5, 5.41) is 6.07. The van der Waals surface area contributed by atoms with Gasteiger partial charge in [-0.25, -0.2) is 0 Å². The first-order chi connectivity index (χ1) is 24.7. The highest BCUT2D eigenvalue weighted by Gasteiger charge is 2.45. The largest absolute Gasteiger partial charge is 0.380 e. The third-order valence-electron chi connectivity index (χ3n) is 11.2. The van der Waals surface area contributed by atoms with Gasteiger partial charge in [0, 0.05) is 59.3 Å². The number of hydrogen-bond acceptors (Lipinski definition) is 3. The standard InChI is InChI=1S/C46H52ClN2O2/c1-7-50-30-28-48-38-24-20-32-14-9-11-18-36(32)42(38)45(3,4)40(48)26-22-34-16-13-17-35(44(34)47)23-27-41-46(5,6)43-37-19-12-10-15-33(37)21-25-39(43)49(41)29-31-51-8-2/h9-12,14-15,18-27H,7-8,13,16-17,28-31H2,1-6H3/q+1. The van der Waals surface area contributed by atoms with Crippen molar-refractivity contribution in [2.45, 2.75) is 71.6 Å². The van der Waals surface area contributed by atoms with E-state index in [0.29, 0.717) is 26.4 Å². The number of allylic oxidation sites excluding steroid dienone is 8. The van der Waals surface area contributed by atoms with Crippen LogP contribution in [0.5, 0.6) is 0 Å². The van der Waals surface area contributed by atoms with E-state index < -0.39 is 0 Å². The predicted molar refractivity (Wildman–Crippen MR) is 216 cm³/mol. The zero-order chi connectivity index (χ0) is 35.8. The predicted octanol–water partition coefficient (Wildman–Crippen LogP) is 11.3. The number of benzene rings is 4. The van der Waals surface area contributed by atoms with Crippen LogP contribution in [0.25, 0.3) is 21.5 Å². The summed E-state index contributed by atoms with van der Waals surface area (Å²) < 4.78 is 14.2. The fraction of sp³-hybridized carbons (Fsp3) is 0.370. The molecule has 5 heteroatoms. The third-order valence-corrected chi connectivity index (χ3v) is 11.7. The Hall–Kier alpha value is -3.96. The fourth-order valence-electron chi connectivity index (χ4n) is 8.72. The molecule has 1 aliphatic carbocycles. The number of fused-ring (bicyclic) bond motifs is 6. The summed E-state index contributed by atoms with van der Waals surface area (Å²) in [6.07, 6.45) is 12.2. The molecule has 2 heterocycles. The monoisotopic (exact) mass is 699 g/mol. The molecule has 0 aromatic heterocycles. The Kier molecular flexibility index (Phi) is 10.1. The molecule has 0 unspecified atom stereocenters. The summed E-state index contributed by atoms with van der Waals surface area (Å²) in [7, 11) is 0. The van der Waals surface area contributed by atoms with Gasteiger partial charge in [0.25, 0.3) is 0 Å². The SMILES string of the molecule is CCOCCN1C(=CC=C2CCCC(C=CC3=[N+](CCOCC)c4ccc5ccccc5c4C3(C)C)=C2Cl)C(C)(C)c2c1ccc1ccccc21. The maximum atomic E-state index is 7.33. The Morgan fingerprint density at radius 1 is 0.745 bits per heavy atom. The van der Waals surface area contributed by atoms with Crippen molar-refractivity contribution in [3.8, 4) is 0 Å². The van der Waals surface area contributed by atoms with E-state index in [1.165, 1.54) is 66.6 Å². The molecule has 4 aromatic rings. The minimum atomic E-state index is -0.179. The Morgan fingerprint density at radius 3 is 2.14 bits per heavy atom. The van der Waals surface area contributed by atoms with E-state index in [2.05, 4.69) is 148 Å². The van der Waals surface area contributed by atoms with Crippen LogP contribution >= 0.6 is 11.6 Å². The molecule has 51 heavy (non-hydrogen) atoms. The minimum absolute atomic E-state index is 0.179. The molecule has 4 nitrogen and oxygen atoms in total. The van der Waals surface area contributed by atoms with Gasteiger partial charge in [-0.05, 0) is 103 Å². The lowest BCUT2D eigenvalue weighted by molar-refractivity contribution is -0.442. The number of nitrogens with zero attached hydrogens (tertiary/aromatic N) is 2. The second-order valence-corrected chi connectivity index (χ2v) is 15.3. The van der Waals surface area contributed by atoms with Gasteiger partial charge in [0.05, 0.1) is 12.0 Å². The molecular formula is C46H52ClN2O2+. The molecule has 264 valence electrons. The van der Waals surface area contributed by atoms with Crippen LogP contribution in [-0.4, -0.2) is 49.8 Å². The molecule has 0 spiro atoms. The normalized spacial score (nSPS) is 19.8. The summed E-state index contributed by atoms with van der Waals surface area (Å²) in [5.41, 5.74) is 9.93. The van der Waals surface area contributed by atoms with E-state index in [1.54, 1.807) is 0 Å². The molecule has 0 radical (unpaired) electrons. The molecule has 3 aliphatic rings. The third kappa shape index (κ3) is 6.41. The lowest BCUT2D eigenvalue weighted by atomic mass is 9.78. The lowest BCUT2D eigenvalue weighted by Gasteiger charge is -2.27. The summed E-state index contributed by atoms with van der Waals surface area (Å²) >= 11 is 7.33. The van der Waals surface area contributed by atoms with E-state index in [4.69, 9.17) is 21.1 Å². The molecule has 7 rings (SSSR count). The van der Waals surface area contributed by atoms with Gasteiger partial charge in [0.1, 0.15) is 6.61 Å². The van der Waals surface area contributed by atoms with Crippen molar-refractivity contribution in [3.63, 3.8) is 0 Å². The van der Waals surface area contributed by atoms with Gasteiger partial charge in [0.2, 0.25) is 5.69 Å². The van der Waals surface area contributed by atoms with Gasteiger partial charge >= 0.3 is 0 Å². The number of hydrogen-bond donors (Lipinski definition) is 0. The van der Waals surface area contributed by atoms with Crippen molar-refractivity contribution in [1.82, 2.24) is 0 Å². The van der Waals surface area contributed by atoms with E-state index >= 15 is 0 Å². The molecule has 0 amide bonds. The van der Waals surface area contributed by atoms with Crippen LogP contribution in [-0.2, 0) is 20.3 Å². The topological polar surface area (TPSA) is 24.7 Å². The van der Waals surface area contributed by atoms with Crippen molar-refractivity contribution in [3.05, 3.63) is 130 Å². The van der Waals surface area contributed by atoms with E-state index in [1.807, 2.05) is 0 Å². The first kappa shape index (κ1) is 35.4. The van der Waals surface area contributed by atoms with Gasteiger partial charge in [-0.3, -0.25) is 0 Å². The summed E-state index contributed by atoms with van der Waals surface area (Å²) in [6.45, 7) is 17.9. The van der Waals surface area contributed by atoms with Crippen LogP contribution < -0.4 is 4.90 Å². The Balaban J connectivity index is 1.25. The number of anilines is 1. The number of halogens is 1. The van der Waals surface area contributed by atoms with Crippen LogP contribution in [0.2, 0.25) is 0 Å². The quantitative estimate of drug-likeness (QED) is 0.115. The summed E-state index contributed by atoms with van der Waals surface area (Å²) in [5.74, 6) is 0. The van der Waals surface area contributed by atoms with Crippen LogP contribution in [0.4, 0.5) is 11.4 Å². The van der Waals surface area contributed by atoms with Gasteiger partial charge in [-0.2, -0.15) is 4.58 Å². The molecule has 0 fully saturated rings. The smallest absolute Gasteiger partial charge is 0.210 e. The molecule has 0 bridgehead atoms. The first-order valence-electron chi connectivity index (χ1n) is 18.8. The van der Waals surface area contributed by atoms with Crippen LogP contribution in [0.3, 0.4) is 0 Å². The number of ether oxygens (including phenoxy) is 2. The lowest BCUT2D eigenvalue weighted by Crippen LogP contribution is -2.29. The molecule has 0 N–H and O–H groups in total. The van der Waals surface area contributed by atoms with Crippen molar-refractivity contribution in [2.24, 2.45) is 0 Å². The molecule has 0 saturated heterocycles. The minimum Gasteiger partial charge on any atom is -0.380 e. The average molecular weight is 700 g/mol. The van der Waals surface area contributed by atoms with Gasteiger partial charge < -0.3 is 14.4 Å². The highest BCUT2D eigenvalue weighted by Crippen LogP contribution is 2.51. The second-order valence-electron chi connectivity index (χ2n) is 15.0. The summed E-state index contributed by atoms with van der Waals surface area (Å²) in [4.78, 5) is 2.47. The summed E-state index contributed by atoms with van der Waals surface area (Å²) in [6, 6.07) is 26.6. The highest BCUT2D eigenvalue weighted by molar-refractivity contribution is 6.32. The van der Waals surface area contributed by atoms with E-state index in [-0.39, 0.29) is 10.8 Å². The highest BCUT2D eigenvalue weighted by atomic mass is 35.5. The Labute approximate surface area is 309 Å². The van der Waals surface area contributed by atoms with E-state index in [9.17, 15) is 0 Å². The molecule has 4 aromatic carbocycles.